The first-order valence-electron chi connectivity index (χ1n) is 8.98. The fourth-order valence-corrected chi connectivity index (χ4v) is 4.78. The molecule has 5 nitrogen and oxygen atoms in total. The SMILES string of the molecule is Cc1c(C(=O)OC(C)C)sc2nc(Cl)nc(N3CCCc4ccccc43)c12. The smallest absolute Gasteiger partial charge is 0.348 e. The average molecular weight is 402 g/mol. The van der Waals surface area contributed by atoms with Crippen LogP contribution in [0.4, 0.5) is 11.5 Å². The Morgan fingerprint density at radius 3 is 2.85 bits per heavy atom. The molecular formula is C20H20ClN3O2S. The largest absolute Gasteiger partial charge is 0.459 e. The van der Waals surface area contributed by atoms with Gasteiger partial charge in [-0.2, -0.15) is 4.98 Å². The topological polar surface area (TPSA) is 55.3 Å². The molecule has 0 radical (unpaired) electrons. The van der Waals surface area contributed by atoms with Crippen LogP contribution in [0.15, 0.2) is 24.3 Å². The van der Waals surface area contributed by atoms with Crippen LogP contribution < -0.4 is 4.90 Å². The normalized spacial score (nSPS) is 13.9. The van der Waals surface area contributed by atoms with E-state index in [1.54, 1.807) is 0 Å². The fourth-order valence-electron chi connectivity index (χ4n) is 3.50. The first-order valence-corrected chi connectivity index (χ1v) is 10.2. The number of carbonyl (C=O) groups excluding carboxylic acids is 1. The Kier molecular flexibility index (Phi) is 4.78. The number of para-hydroxylation sites is 1. The number of benzene rings is 1. The number of esters is 1. The number of rotatable bonds is 3. The molecule has 1 aliphatic rings. The van der Waals surface area contributed by atoms with E-state index in [0.717, 1.165) is 41.8 Å². The quantitative estimate of drug-likeness (QED) is 0.440. The van der Waals surface area contributed by atoms with Crippen LogP contribution in [0.3, 0.4) is 0 Å². The number of thiophene rings is 1. The minimum absolute atomic E-state index is 0.176. The zero-order valence-corrected chi connectivity index (χ0v) is 17.0. The van der Waals surface area contributed by atoms with E-state index in [1.165, 1.54) is 16.9 Å². The molecule has 0 atom stereocenters. The lowest BCUT2D eigenvalue weighted by Gasteiger charge is -2.31. The van der Waals surface area contributed by atoms with E-state index in [-0.39, 0.29) is 17.4 Å². The number of ether oxygens (including phenoxy) is 1. The van der Waals surface area contributed by atoms with Gasteiger partial charge in [-0.05, 0) is 62.4 Å². The van der Waals surface area contributed by atoms with Gasteiger partial charge >= 0.3 is 5.97 Å². The number of hydrogen-bond acceptors (Lipinski definition) is 6. The van der Waals surface area contributed by atoms with Crippen LogP contribution in [0.2, 0.25) is 5.28 Å². The predicted molar refractivity (Wildman–Crippen MR) is 109 cm³/mol. The highest BCUT2D eigenvalue weighted by molar-refractivity contribution is 7.20. The molecular weight excluding hydrogens is 382 g/mol. The minimum atomic E-state index is -0.327. The Labute approximate surface area is 167 Å². The van der Waals surface area contributed by atoms with Crippen LogP contribution in [-0.2, 0) is 11.2 Å². The summed E-state index contributed by atoms with van der Waals surface area (Å²) in [6.07, 6.45) is 1.90. The molecule has 27 heavy (non-hydrogen) atoms. The van der Waals surface area contributed by atoms with Gasteiger partial charge in [0.1, 0.15) is 15.5 Å². The van der Waals surface area contributed by atoms with Crippen LogP contribution >= 0.6 is 22.9 Å². The van der Waals surface area contributed by atoms with Gasteiger partial charge in [0.2, 0.25) is 5.28 Å². The lowest BCUT2D eigenvalue weighted by atomic mass is 10.0. The van der Waals surface area contributed by atoms with Crippen molar-refractivity contribution in [1.82, 2.24) is 9.97 Å². The Morgan fingerprint density at radius 2 is 2.07 bits per heavy atom. The Hall–Kier alpha value is -2.18. The third-order valence-corrected chi connectivity index (χ3v) is 5.97. The van der Waals surface area contributed by atoms with Crippen LogP contribution in [0, 0.1) is 6.92 Å². The van der Waals surface area contributed by atoms with Crippen molar-refractivity contribution in [3.63, 3.8) is 0 Å². The summed E-state index contributed by atoms with van der Waals surface area (Å²) in [5.41, 5.74) is 3.27. The van der Waals surface area contributed by atoms with Crippen LogP contribution in [0.25, 0.3) is 10.2 Å². The summed E-state index contributed by atoms with van der Waals surface area (Å²) in [6.45, 7) is 6.45. The van der Waals surface area contributed by atoms with E-state index in [0.29, 0.717) is 9.71 Å². The molecule has 2 aromatic heterocycles. The van der Waals surface area contributed by atoms with Crippen molar-refractivity contribution in [3.05, 3.63) is 45.6 Å². The maximum absolute atomic E-state index is 12.5. The third-order valence-electron chi connectivity index (χ3n) is 4.64. The van der Waals surface area contributed by atoms with Crippen LogP contribution in [-0.4, -0.2) is 28.6 Å². The molecule has 4 rings (SSSR count). The van der Waals surface area contributed by atoms with E-state index in [2.05, 4.69) is 33.1 Å². The summed E-state index contributed by atoms with van der Waals surface area (Å²) in [5.74, 6) is 0.432. The second kappa shape index (κ2) is 7.09. The summed E-state index contributed by atoms with van der Waals surface area (Å²) in [7, 11) is 0. The fraction of sp³-hybridized carbons (Fsp3) is 0.350. The maximum Gasteiger partial charge on any atom is 0.348 e. The predicted octanol–water partition coefficient (Wildman–Crippen LogP) is 5.30. The van der Waals surface area contributed by atoms with Gasteiger partial charge in [-0.15, -0.1) is 11.3 Å². The summed E-state index contributed by atoms with van der Waals surface area (Å²) in [6, 6.07) is 8.34. The van der Waals surface area contributed by atoms with Crippen LogP contribution in [0.5, 0.6) is 0 Å². The number of nitrogens with zero attached hydrogens (tertiary/aromatic N) is 3. The number of aryl methyl sites for hydroxylation is 2. The first-order chi connectivity index (χ1) is 13.0. The second-order valence-corrected chi connectivity index (χ2v) is 8.23. The molecule has 0 spiro atoms. The van der Waals surface area contributed by atoms with Gasteiger partial charge in [-0.1, -0.05) is 18.2 Å². The van der Waals surface area contributed by atoms with Gasteiger partial charge < -0.3 is 9.64 Å². The van der Waals surface area contributed by atoms with Crippen molar-refractivity contribution in [2.24, 2.45) is 0 Å². The summed E-state index contributed by atoms with van der Waals surface area (Å²) >= 11 is 7.55. The van der Waals surface area contributed by atoms with Crippen molar-refractivity contribution in [3.8, 4) is 0 Å². The molecule has 1 aromatic carbocycles. The Balaban J connectivity index is 1.89. The lowest BCUT2D eigenvalue weighted by molar-refractivity contribution is 0.0383. The summed E-state index contributed by atoms with van der Waals surface area (Å²) < 4.78 is 5.40. The first kappa shape index (κ1) is 18.2. The molecule has 0 bridgehead atoms. The molecule has 0 aliphatic carbocycles. The highest BCUT2D eigenvalue weighted by Gasteiger charge is 2.27. The molecule has 3 heterocycles. The molecule has 0 saturated heterocycles. The van der Waals surface area contributed by atoms with Gasteiger partial charge in [0.05, 0.1) is 11.5 Å². The van der Waals surface area contributed by atoms with Gasteiger partial charge in [0.15, 0.2) is 0 Å². The molecule has 0 fully saturated rings. The minimum Gasteiger partial charge on any atom is -0.459 e. The Morgan fingerprint density at radius 1 is 1.30 bits per heavy atom. The number of halogens is 1. The number of hydrogen-bond donors (Lipinski definition) is 0. The molecule has 0 unspecified atom stereocenters. The van der Waals surface area contributed by atoms with Crippen molar-refractivity contribution in [2.75, 3.05) is 11.4 Å². The van der Waals surface area contributed by atoms with Gasteiger partial charge in [-0.25, -0.2) is 9.78 Å². The highest BCUT2D eigenvalue weighted by atomic mass is 35.5. The van der Waals surface area contributed by atoms with Crippen molar-refractivity contribution >= 4 is 50.6 Å². The zero-order chi connectivity index (χ0) is 19.1. The summed E-state index contributed by atoms with van der Waals surface area (Å²) in [5, 5.41) is 1.06. The monoisotopic (exact) mass is 401 g/mol. The Bertz CT molecular complexity index is 1030. The van der Waals surface area contributed by atoms with Gasteiger partial charge in [0.25, 0.3) is 0 Å². The van der Waals surface area contributed by atoms with Crippen molar-refractivity contribution < 1.29 is 9.53 Å². The van der Waals surface area contributed by atoms with Gasteiger partial charge in [-0.3, -0.25) is 0 Å². The molecule has 140 valence electrons. The van der Waals surface area contributed by atoms with Crippen molar-refractivity contribution in [1.29, 1.82) is 0 Å². The average Bonchev–Trinajstić information content (AvgIpc) is 2.96. The lowest BCUT2D eigenvalue weighted by Crippen LogP contribution is -2.25. The number of anilines is 2. The number of aromatic nitrogens is 2. The number of fused-ring (bicyclic) bond motifs is 2. The highest BCUT2D eigenvalue weighted by Crippen LogP contribution is 2.41. The van der Waals surface area contributed by atoms with Crippen LogP contribution in [0.1, 0.15) is 41.1 Å². The van der Waals surface area contributed by atoms with E-state index < -0.39 is 0 Å². The summed E-state index contributed by atoms with van der Waals surface area (Å²) in [4.78, 5) is 24.9. The van der Waals surface area contributed by atoms with Crippen molar-refractivity contribution in [2.45, 2.75) is 39.7 Å². The second-order valence-electron chi connectivity index (χ2n) is 6.89. The molecule has 0 N–H and O–H groups in total. The standard InChI is InChI=1S/C20H20ClN3O2S/c1-11(2)26-19(25)16-12(3)15-17(22-20(21)23-18(15)27-16)24-10-6-8-13-7-4-5-9-14(13)24/h4-5,7,9,11H,6,8,10H2,1-3H3. The molecule has 0 amide bonds. The van der Waals surface area contributed by atoms with E-state index in [1.807, 2.05) is 26.8 Å². The molecule has 7 heteroatoms. The van der Waals surface area contributed by atoms with E-state index in [4.69, 9.17) is 16.3 Å². The van der Waals surface area contributed by atoms with Gasteiger partial charge in [0, 0.05) is 12.2 Å². The van der Waals surface area contributed by atoms with E-state index >= 15 is 0 Å². The zero-order valence-electron chi connectivity index (χ0n) is 15.5. The molecule has 3 aromatic rings. The molecule has 1 aliphatic heterocycles. The maximum atomic E-state index is 12.5. The third kappa shape index (κ3) is 3.28. The molecule has 0 saturated carbocycles. The number of carbonyl (C=O) groups is 1. The van der Waals surface area contributed by atoms with E-state index in [9.17, 15) is 4.79 Å².